The molecule has 2 aliphatic rings. The number of rotatable bonds is 8. The van der Waals surface area contributed by atoms with E-state index in [1.165, 1.54) is 77.6 Å². The Morgan fingerprint density at radius 2 is 0.945 bits per heavy atom. The van der Waals surface area contributed by atoms with E-state index in [2.05, 4.69) is 198 Å². The van der Waals surface area contributed by atoms with Crippen LogP contribution in [0.1, 0.15) is 87.8 Å². The van der Waals surface area contributed by atoms with E-state index in [1.54, 1.807) is 12.2 Å². The molecule has 1 nitrogen and oxygen atoms in total. The molecule has 0 N–H and O–H groups in total. The lowest BCUT2D eigenvalue weighted by molar-refractivity contribution is 0.490. The number of benzene rings is 6. The molecule has 0 radical (unpaired) electrons. The van der Waals surface area contributed by atoms with Crippen molar-refractivity contribution in [1.82, 2.24) is 0 Å². The van der Waals surface area contributed by atoms with Crippen molar-refractivity contribution in [3.63, 3.8) is 0 Å². The molecular weight excluding hydrogens is 683 g/mol. The number of allylic oxidation sites excluding steroid dienone is 2. The smallest absolute Gasteiger partial charge is 0.0465 e. The van der Waals surface area contributed by atoms with E-state index < -0.39 is 0 Å². The third-order valence-corrected chi connectivity index (χ3v) is 12.0. The zero-order valence-electron chi connectivity index (χ0n) is 33.7. The van der Waals surface area contributed by atoms with E-state index in [4.69, 9.17) is 0 Å². The molecule has 0 bridgehead atoms. The van der Waals surface area contributed by atoms with Crippen LogP contribution in [0, 0.1) is 0 Å². The van der Waals surface area contributed by atoms with Crippen molar-refractivity contribution >= 4 is 41.0 Å². The first-order chi connectivity index (χ1) is 26.7. The Labute approximate surface area is 335 Å². The summed E-state index contributed by atoms with van der Waals surface area (Å²) >= 11 is 1.82. The summed E-state index contributed by atoms with van der Waals surface area (Å²) in [6, 6.07) is 49.6. The summed E-state index contributed by atoms with van der Waals surface area (Å²) in [5.74, 6) is 0. The number of para-hydroxylation sites is 2. The Morgan fingerprint density at radius 3 is 1.44 bits per heavy atom. The van der Waals surface area contributed by atoms with Gasteiger partial charge in [-0.1, -0.05) is 137 Å². The number of thioether (sulfide) groups is 1. The molecule has 0 fully saturated rings. The van der Waals surface area contributed by atoms with E-state index >= 15 is 0 Å². The second-order valence-corrected chi connectivity index (χ2v) is 15.7. The fraction of sp³-hybridized carbons (Fsp3) is 0.208. The van der Waals surface area contributed by atoms with Crippen molar-refractivity contribution in [3.05, 3.63) is 192 Å². The van der Waals surface area contributed by atoms with Crippen molar-refractivity contribution in [2.45, 2.75) is 70.1 Å². The van der Waals surface area contributed by atoms with E-state index in [-0.39, 0.29) is 10.8 Å². The standard InChI is InChI=1S/C47H43NS.2C3H6/c1-6-47(7-2)44-29-33(19-18-32-20-24-38-39-27-23-37(49-5)31-43(39)46(3,4)42(38)28-32)21-25-40(44)41-26-22-36(30-45(41)47)48(34-14-10-8-11-15-34)35-16-12-9-13-17-35;2*1-3-2/h8-31H,6-7H2,1-5H3;2*3H,1H2,2H3/b19-18+;;. The largest absolute Gasteiger partial charge is 0.310 e. The van der Waals surface area contributed by atoms with Gasteiger partial charge in [0.2, 0.25) is 0 Å². The molecule has 2 aliphatic carbocycles. The topological polar surface area (TPSA) is 3.24 Å². The second kappa shape index (κ2) is 17.0. The highest BCUT2D eigenvalue weighted by atomic mass is 32.2. The van der Waals surface area contributed by atoms with Crippen molar-refractivity contribution in [2.75, 3.05) is 11.2 Å². The minimum absolute atomic E-state index is 0.0170. The summed E-state index contributed by atoms with van der Waals surface area (Å²) in [5, 5.41) is 0. The summed E-state index contributed by atoms with van der Waals surface area (Å²) in [6.07, 6.45) is 12.4. The first-order valence-corrected chi connectivity index (χ1v) is 20.8. The minimum Gasteiger partial charge on any atom is -0.310 e. The highest BCUT2D eigenvalue weighted by Crippen LogP contribution is 2.55. The Bertz CT molecular complexity index is 2260. The summed E-state index contributed by atoms with van der Waals surface area (Å²) in [5.41, 5.74) is 17.2. The lowest BCUT2D eigenvalue weighted by Gasteiger charge is -2.32. The maximum atomic E-state index is 3.36. The van der Waals surface area contributed by atoms with Crippen LogP contribution >= 0.6 is 11.8 Å². The molecule has 0 saturated heterocycles. The number of nitrogens with zero attached hydrogens (tertiary/aromatic N) is 1. The molecule has 2 heteroatoms. The average Bonchev–Trinajstić information content (AvgIpc) is 3.62. The predicted octanol–water partition coefficient (Wildman–Crippen LogP) is 15.8. The summed E-state index contributed by atoms with van der Waals surface area (Å²) < 4.78 is 0. The molecule has 6 aromatic rings. The van der Waals surface area contributed by atoms with Crippen LogP contribution in [0.15, 0.2) is 164 Å². The Balaban J connectivity index is 0.000000807. The first-order valence-electron chi connectivity index (χ1n) is 19.6. The van der Waals surface area contributed by atoms with Crippen LogP contribution in [0.5, 0.6) is 0 Å². The number of hydrogen-bond donors (Lipinski definition) is 0. The molecule has 0 aliphatic heterocycles. The van der Waals surface area contributed by atoms with Crippen LogP contribution in [0.25, 0.3) is 34.4 Å². The second-order valence-electron chi connectivity index (χ2n) is 14.8. The SMILES string of the molecule is C=CC.C=CC.CCC1(CC)c2cc(/C=C/c3ccc4c(c3)C(C)(C)c3cc(SC)ccc3-4)ccc2-c2ccc(N(c3ccccc3)c3ccccc3)cc21. The molecule has 0 atom stereocenters. The van der Waals surface area contributed by atoms with Gasteiger partial charge in [-0.2, -0.15) is 0 Å². The van der Waals surface area contributed by atoms with Gasteiger partial charge >= 0.3 is 0 Å². The Kier molecular flexibility index (Phi) is 12.2. The number of fused-ring (bicyclic) bond motifs is 6. The van der Waals surface area contributed by atoms with Gasteiger partial charge in [0.25, 0.3) is 0 Å². The van der Waals surface area contributed by atoms with Crippen LogP contribution in [0.2, 0.25) is 0 Å². The minimum atomic E-state index is -0.0391. The number of hydrogen-bond acceptors (Lipinski definition) is 2. The molecule has 6 aromatic carbocycles. The Hall–Kier alpha value is -5.31. The predicted molar refractivity (Wildman–Crippen MR) is 244 cm³/mol. The molecule has 0 heterocycles. The molecule has 278 valence electrons. The normalized spacial score (nSPS) is 13.6. The van der Waals surface area contributed by atoms with Crippen LogP contribution in [0.4, 0.5) is 17.1 Å². The van der Waals surface area contributed by atoms with E-state index in [1.807, 2.05) is 25.6 Å². The lowest BCUT2D eigenvalue weighted by atomic mass is 9.73. The zero-order chi connectivity index (χ0) is 39.2. The van der Waals surface area contributed by atoms with Crippen LogP contribution < -0.4 is 4.90 Å². The van der Waals surface area contributed by atoms with Gasteiger partial charge in [0.1, 0.15) is 0 Å². The fourth-order valence-corrected chi connectivity index (χ4v) is 8.95. The maximum Gasteiger partial charge on any atom is 0.0465 e. The van der Waals surface area contributed by atoms with E-state index in [9.17, 15) is 0 Å². The van der Waals surface area contributed by atoms with Gasteiger partial charge in [0, 0.05) is 32.8 Å². The van der Waals surface area contributed by atoms with Crippen LogP contribution in [0.3, 0.4) is 0 Å². The zero-order valence-corrected chi connectivity index (χ0v) is 34.5. The molecule has 8 rings (SSSR count). The number of anilines is 3. The highest BCUT2D eigenvalue weighted by Gasteiger charge is 2.41. The Morgan fingerprint density at radius 1 is 0.527 bits per heavy atom. The first kappa shape index (κ1) is 39.4. The maximum absolute atomic E-state index is 3.36. The lowest BCUT2D eigenvalue weighted by Crippen LogP contribution is -2.23. The molecule has 0 unspecified atom stereocenters. The molecule has 0 amide bonds. The van der Waals surface area contributed by atoms with Gasteiger partial charge in [0.05, 0.1) is 0 Å². The monoisotopic (exact) mass is 737 g/mol. The fourth-order valence-electron chi connectivity index (χ4n) is 8.51. The molecule has 0 spiro atoms. The van der Waals surface area contributed by atoms with Gasteiger partial charge < -0.3 is 4.90 Å². The third-order valence-electron chi connectivity index (χ3n) is 11.2. The highest BCUT2D eigenvalue weighted by molar-refractivity contribution is 7.98. The molecule has 55 heavy (non-hydrogen) atoms. The summed E-state index contributed by atoms with van der Waals surface area (Å²) in [7, 11) is 0. The third kappa shape index (κ3) is 7.41. The molecule has 0 saturated carbocycles. The average molecular weight is 738 g/mol. The van der Waals surface area contributed by atoms with Gasteiger partial charge in [-0.25, -0.2) is 0 Å². The van der Waals surface area contributed by atoms with E-state index in [0.717, 1.165) is 12.8 Å². The van der Waals surface area contributed by atoms with E-state index in [0.29, 0.717) is 0 Å². The molecular formula is C53H55NS. The van der Waals surface area contributed by atoms with Gasteiger partial charge in [-0.3, -0.25) is 0 Å². The molecule has 0 aromatic heterocycles. The quantitative estimate of drug-likeness (QED) is 0.0869. The van der Waals surface area contributed by atoms with Crippen LogP contribution in [-0.4, -0.2) is 6.26 Å². The van der Waals surface area contributed by atoms with Crippen molar-refractivity contribution < 1.29 is 0 Å². The van der Waals surface area contributed by atoms with Crippen molar-refractivity contribution in [3.8, 4) is 22.3 Å². The van der Waals surface area contributed by atoms with Gasteiger partial charge in [-0.05, 0) is 137 Å². The van der Waals surface area contributed by atoms with Crippen molar-refractivity contribution in [2.24, 2.45) is 0 Å². The van der Waals surface area contributed by atoms with Gasteiger partial charge in [0.15, 0.2) is 0 Å². The van der Waals surface area contributed by atoms with Crippen LogP contribution in [-0.2, 0) is 10.8 Å². The van der Waals surface area contributed by atoms with Gasteiger partial charge in [-0.15, -0.1) is 24.9 Å². The van der Waals surface area contributed by atoms with Crippen molar-refractivity contribution in [1.29, 1.82) is 0 Å². The summed E-state index contributed by atoms with van der Waals surface area (Å²) in [4.78, 5) is 3.71. The summed E-state index contributed by atoms with van der Waals surface area (Å²) in [6.45, 7) is 20.0.